The van der Waals surface area contributed by atoms with Crippen molar-refractivity contribution in [1.29, 1.82) is 5.26 Å². The molecule has 3 rings (SSSR count). The first kappa shape index (κ1) is 22.3. The Bertz CT molecular complexity index is 1020. The van der Waals surface area contributed by atoms with E-state index in [0.29, 0.717) is 59.7 Å². The molecular formula is C21H24N4O3S2. The average molecular weight is 445 g/mol. The molecule has 0 bridgehead atoms. The second-order valence-corrected chi connectivity index (χ2v) is 8.66. The molecule has 1 amide bonds. The molecule has 0 atom stereocenters. The van der Waals surface area contributed by atoms with Crippen LogP contribution >= 0.6 is 24.0 Å². The van der Waals surface area contributed by atoms with Crippen LogP contribution in [0.5, 0.6) is 0 Å². The summed E-state index contributed by atoms with van der Waals surface area (Å²) in [5, 5.41) is 9.65. The molecule has 2 aliphatic rings. The summed E-state index contributed by atoms with van der Waals surface area (Å²) in [5.74, 6) is 0.541. The quantitative estimate of drug-likeness (QED) is 0.379. The van der Waals surface area contributed by atoms with Crippen molar-refractivity contribution in [3.8, 4) is 6.07 Å². The Labute approximate surface area is 185 Å². The molecule has 0 aromatic carbocycles. The molecule has 0 aliphatic carbocycles. The number of thioether (sulfide) groups is 1. The van der Waals surface area contributed by atoms with E-state index in [4.69, 9.17) is 17.0 Å². The fourth-order valence-electron chi connectivity index (χ4n) is 3.61. The standard InChI is InChI=1S/C21H24N4O3S2/c1-4-6-24-18(23-8-10-28-11-9-23)15(14(3)16(13-22)19(24)26)12-17-20(27)25(7-5-2)21(29)30-17/h5,12H,2,4,6-11H2,1,3H3. The lowest BCUT2D eigenvalue weighted by Crippen LogP contribution is -2.41. The number of anilines is 1. The molecule has 0 unspecified atom stereocenters. The smallest absolute Gasteiger partial charge is 0.270 e. The molecule has 9 heteroatoms. The summed E-state index contributed by atoms with van der Waals surface area (Å²) in [6, 6.07) is 2.06. The first-order valence-corrected chi connectivity index (χ1v) is 11.0. The fourth-order valence-corrected chi connectivity index (χ4v) is 4.87. The van der Waals surface area contributed by atoms with Crippen LogP contribution in [0.2, 0.25) is 0 Å². The first-order valence-electron chi connectivity index (χ1n) is 9.81. The third-order valence-electron chi connectivity index (χ3n) is 5.06. The molecule has 2 fully saturated rings. The van der Waals surface area contributed by atoms with Crippen LogP contribution in [0, 0.1) is 18.3 Å². The predicted octanol–water partition coefficient (Wildman–Crippen LogP) is 2.66. The Balaban J connectivity index is 2.24. The minimum atomic E-state index is -0.297. The van der Waals surface area contributed by atoms with Gasteiger partial charge in [0.15, 0.2) is 0 Å². The Morgan fingerprint density at radius 3 is 2.63 bits per heavy atom. The lowest BCUT2D eigenvalue weighted by molar-refractivity contribution is -0.121. The molecule has 2 aliphatic heterocycles. The molecular weight excluding hydrogens is 420 g/mol. The highest BCUT2D eigenvalue weighted by molar-refractivity contribution is 8.26. The van der Waals surface area contributed by atoms with Gasteiger partial charge in [-0.25, -0.2) is 0 Å². The Morgan fingerprint density at radius 1 is 1.33 bits per heavy atom. The molecule has 0 saturated carbocycles. The van der Waals surface area contributed by atoms with Gasteiger partial charge in [-0.05, 0) is 25.0 Å². The normalized spacial score (nSPS) is 18.2. The van der Waals surface area contributed by atoms with Crippen molar-refractivity contribution in [2.75, 3.05) is 37.7 Å². The maximum atomic E-state index is 13.1. The van der Waals surface area contributed by atoms with Crippen molar-refractivity contribution in [3.05, 3.63) is 44.6 Å². The van der Waals surface area contributed by atoms with E-state index in [9.17, 15) is 14.9 Å². The van der Waals surface area contributed by atoms with Gasteiger partial charge in [-0.1, -0.05) is 37.0 Å². The van der Waals surface area contributed by atoms with Crippen molar-refractivity contribution in [2.45, 2.75) is 26.8 Å². The highest BCUT2D eigenvalue weighted by atomic mass is 32.2. The number of nitriles is 1. The number of carbonyl (C=O) groups is 1. The van der Waals surface area contributed by atoms with Crippen LogP contribution in [0.25, 0.3) is 6.08 Å². The maximum Gasteiger partial charge on any atom is 0.270 e. The molecule has 3 heterocycles. The Hall–Kier alpha value is -2.41. The van der Waals surface area contributed by atoms with Crippen LogP contribution in [0.15, 0.2) is 22.4 Å². The summed E-state index contributed by atoms with van der Waals surface area (Å²) in [6.45, 7) is 10.6. The van der Waals surface area contributed by atoms with Gasteiger partial charge in [0, 0.05) is 31.7 Å². The number of carbonyl (C=O) groups excluding carboxylic acids is 1. The van der Waals surface area contributed by atoms with Crippen molar-refractivity contribution in [3.63, 3.8) is 0 Å². The molecule has 0 N–H and O–H groups in total. The SMILES string of the molecule is C=CCN1C(=O)C(=Cc2c(C)c(C#N)c(=O)n(CCC)c2N2CCOCC2)SC1=S. The second kappa shape index (κ2) is 9.60. The van der Waals surface area contributed by atoms with E-state index in [1.807, 2.05) is 6.92 Å². The van der Waals surface area contributed by atoms with Gasteiger partial charge < -0.3 is 9.64 Å². The number of pyridine rings is 1. The zero-order valence-corrected chi connectivity index (χ0v) is 18.8. The second-order valence-electron chi connectivity index (χ2n) is 6.99. The summed E-state index contributed by atoms with van der Waals surface area (Å²) in [5.41, 5.74) is 1.09. The minimum absolute atomic E-state index is 0.105. The van der Waals surface area contributed by atoms with Gasteiger partial charge in [-0.15, -0.1) is 6.58 Å². The van der Waals surface area contributed by atoms with Crippen LogP contribution in [0.4, 0.5) is 5.82 Å². The van der Waals surface area contributed by atoms with E-state index in [0.717, 1.165) is 12.2 Å². The molecule has 30 heavy (non-hydrogen) atoms. The minimum Gasteiger partial charge on any atom is -0.378 e. The van der Waals surface area contributed by atoms with Crippen LogP contribution in [0.1, 0.15) is 30.0 Å². The summed E-state index contributed by atoms with van der Waals surface area (Å²) in [7, 11) is 0. The van der Waals surface area contributed by atoms with Crippen LogP contribution in [-0.4, -0.2) is 52.5 Å². The predicted molar refractivity (Wildman–Crippen MR) is 124 cm³/mol. The van der Waals surface area contributed by atoms with Gasteiger partial charge >= 0.3 is 0 Å². The third kappa shape index (κ3) is 4.08. The number of hydrogen-bond donors (Lipinski definition) is 0. The number of morpholine rings is 1. The van der Waals surface area contributed by atoms with Gasteiger partial charge in [0.2, 0.25) is 0 Å². The van der Waals surface area contributed by atoms with Crippen LogP contribution in [0.3, 0.4) is 0 Å². The fraction of sp³-hybridized carbons (Fsp3) is 0.429. The topological polar surface area (TPSA) is 78.6 Å². The zero-order chi connectivity index (χ0) is 21.8. The van der Waals surface area contributed by atoms with Gasteiger partial charge in [0.05, 0.1) is 18.1 Å². The van der Waals surface area contributed by atoms with Crippen LogP contribution in [-0.2, 0) is 16.1 Å². The average Bonchev–Trinajstić information content (AvgIpc) is 3.00. The Morgan fingerprint density at radius 2 is 2.03 bits per heavy atom. The number of aromatic nitrogens is 1. The zero-order valence-electron chi connectivity index (χ0n) is 17.1. The highest BCUT2D eigenvalue weighted by Crippen LogP contribution is 2.36. The lowest BCUT2D eigenvalue weighted by atomic mass is 10.0. The van der Waals surface area contributed by atoms with E-state index >= 15 is 0 Å². The summed E-state index contributed by atoms with van der Waals surface area (Å²) in [4.78, 5) is 30.0. The van der Waals surface area contributed by atoms with Crippen molar-refractivity contribution < 1.29 is 9.53 Å². The van der Waals surface area contributed by atoms with Gasteiger partial charge in [-0.3, -0.25) is 19.1 Å². The third-order valence-corrected chi connectivity index (χ3v) is 6.44. The van der Waals surface area contributed by atoms with Gasteiger partial charge in [-0.2, -0.15) is 5.26 Å². The van der Waals surface area contributed by atoms with E-state index in [2.05, 4.69) is 17.5 Å². The largest absolute Gasteiger partial charge is 0.378 e. The molecule has 1 aromatic rings. The van der Waals surface area contributed by atoms with Crippen molar-refractivity contribution >= 4 is 46.1 Å². The summed E-state index contributed by atoms with van der Waals surface area (Å²) >= 11 is 6.57. The highest BCUT2D eigenvalue weighted by Gasteiger charge is 2.32. The Kier molecular flexibility index (Phi) is 7.13. The van der Waals surface area contributed by atoms with Crippen molar-refractivity contribution in [1.82, 2.24) is 9.47 Å². The number of ether oxygens (including phenoxy) is 1. The van der Waals surface area contributed by atoms with Gasteiger partial charge in [0.25, 0.3) is 11.5 Å². The number of thiocarbonyl (C=S) groups is 1. The number of rotatable bonds is 6. The molecule has 158 valence electrons. The summed E-state index contributed by atoms with van der Waals surface area (Å²) in [6.07, 6.45) is 4.15. The van der Waals surface area contributed by atoms with E-state index in [1.165, 1.54) is 16.7 Å². The number of hydrogen-bond acceptors (Lipinski definition) is 7. The van der Waals surface area contributed by atoms with E-state index in [1.54, 1.807) is 23.6 Å². The monoisotopic (exact) mass is 444 g/mol. The number of nitrogens with zero attached hydrogens (tertiary/aromatic N) is 4. The molecule has 0 radical (unpaired) electrons. The molecule has 2 saturated heterocycles. The maximum absolute atomic E-state index is 13.1. The number of amides is 1. The van der Waals surface area contributed by atoms with Crippen molar-refractivity contribution in [2.24, 2.45) is 0 Å². The first-order chi connectivity index (χ1) is 14.4. The molecule has 0 spiro atoms. The van der Waals surface area contributed by atoms with E-state index in [-0.39, 0.29) is 17.0 Å². The lowest BCUT2D eigenvalue weighted by Gasteiger charge is -2.33. The molecule has 7 nitrogen and oxygen atoms in total. The van der Waals surface area contributed by atoms with Crippen LogP contribution < -0.4 is 10.5 Å². The molecule has 1 aromatic heterocycles. The van der Waals surface area contributed by atoms with E-state index < -0.39 is 0 Å². The summed E-state index contributed by atoms with van der Waals surface area (Å²) < 4.78 is 7.61. The van der Waals surface area contributed by atoms with Gasteiger partial charge in [0.1, 0.15) is 21.8 Å².